The summed E-state index contributed by atoms with van der Waals surface area (Å²) in [6.45, 7) is 6.44. The van der Waals surface area contributed by atoms with Gasteiger partial charge in [0.2, 0.25) is 5.95 Å². The first-order valence-corrected chi connectivity index (χ1v) is 7.97. The number of carbonyl (C=O) groups excluding carboxylic acids is 1. The van der Waals surface area contributed by atoms with Crippen molar-refractivity contribution in [2.24, 2.45) is 5.92 Å². The smallest absolute Gasteiger partial charge is 0.270 e. The second-order valence-electron chi connectivity index (χ2n) is 5.55. The summed E-state index contributed by atoms with van der Waals surface area (Å²) < 4.78 is 0. The van der Waals surface area contributed by atoms with Gasteiger partial charge in [-0.25, -0.2) is 9.97 Å². The zero-order chi connectivity index (χ0) is 17.0. The standard InChI is InChI=1S/C16H18Cl2N4O/c1-9(2)8-19-15(23)13-7-10(3)20-16(22-13)21-12-6-4-5-11(17)14(12)18/h4-7,9H,8H2,1-3H3,(H,19,23)(H,20,21,22). The molecule has 0 fully saturated rings. The molecule has 1 heterocycles. The van der Waals surface area contributed by atoms with Gasteiger partial charge in [-0.1, -0.05) is 43.1 Å². The summed E-state index contributed by atoms with van der Waals surface area (Å²) in [5, 5.41) is 6.64. The fourth-order valence-corrected chi connectivity index (χ4v) is 2.20. The largest absolute Gasteiger partial charge is 0.350 e. The van der Waals surface area contributed by atoms with E-state index in [0.29, 0.717) is 45.5 Å². The number of rotatable bonds is 5. The van der Waals surface area contributed by atoms with Gasteiger partial charge >= 0.3 is 0 Å². The maximum absolute atomic E-state index is 12.2. The topological polar surface area (TPSA) is 66.9 Å². The van der Waals surface area contributed by atoms with E-state index in [9.17, 15) is 4.79 Å². The van der Waals surface area contributed by atoms with Crippen LogP contribution in [0.4, 0.5) is 11.6 Å². The van der Waals surface area contributed by atoms with Crippen LogP contribution in [0.5, 0.6) is 0 Å². The van der Waals surface area contributed by atoms with E-state index in [4.69, 9.17) is 23.2 Å². The summed E-state index contributed by atoms with van der Waals surface area (Å²) in [6.07, 6.45) is 0. The number of anilines is 2. The van der Waals surface area contributed by atoms with Crippen molar-refractivity contribution >= 4 is 40.7 Å². The number of amides is 1. The van der Waals surface area contributed by atoms with Gasteiger partial charge in [0, 0.05) is 12.2 Å². The van der Waals surface area contributed by atoms with Crippen molar-refractivity contribution in [1.29, 1.82) is 0 Å². The van der Waals surface area contributed by atoms with Crippen molar-refractivity contribution in [3.05, 3.63) is 45.7 Å². The van der Waals surface area contributed by atoms with Crippen LogP contribution in [0.3, 0.4) is 0 Å². The average Bonchev–Trinajstić information content (AvgIpc) is 2.49. The van der Waals surface area contributed by atoms with Crippen LogP contribution in [-0.2, 0) is 0 Å². The van der Waals surface area contributed by atoms with Gasteiger partial charge in [-0.05, 0) is 31.0 Å². The molecule has 1 aromatic carbocycles. The first-order chi connectivity index (χ1) is 10.9. The molecule has 0 aliphatic carbocycles. The molecule has 2 aromatic rings. The molecule has 0 radical (unpaired) electrons. The van der Waals surface area contributed by atoms with Crippen LogP contribution in [0.1, 0.15) is 30.0 Å². The molecule has 7 heteroatoms. The van der Waals surface area contributed by atoms with Gasteiger partial charge in [-0.3, -0.25) is 4.79 Å². The molecular formula is C16H18Cl2N4O. The molecule has 0 bridgehead atoms. The Bertz CT molecular complexity index is 719. The van der Waals surface area contributed by atoms with E-state index >= 15 is 0 Å². The zero-order valence-electron chi connectivity index (χ0n) is 13.2. The van der Waals surface area contributed by atoms with Gasteiger partial charge in [0.1, 0.15) is 5.69 Å². The number of benzene rings is 1. The SMILES string of the molecule is Cc1cc(C(=O)NCC(C)C)nc(Nc2cccc(Cl)c2Cl)n1. The number of nitrogens with zero attached hydrogens (tertiary/aromatic N) is 2. The highest BCUT2D eigenvalue weighted by molar-refractivity contribution is 6.43. The molecule has 1 aromatic heterocycles. The maximum atomic E-state index is 12.2. The third-order valence-electron chi connectivity index (χ3n) is 2.96. The molecule has 2 N–H and O–H groups in total. The number of aryl methyl sites for hydroxylation is 1. The van der Waals surface area contributed by atoms with Crippen molar-refractivity contribution in [2.75, 3.05) is 11.9 Å². The minimum atomic E-state index is -0.232. The quantitative estimate of drug-likeness (QED) is 0.845. The van der Waals surface area contributed by atoms with Crippen LogP contribution in [0.25, 0.3) is 0 Å². The minimum absolute atomic E-state index is 0.232. The number of halogens is 2. The molecule has 0 saturated carbocycles. The van der Waals surface area contributed by atoms with Crippen molar-refractivity contribution < 1.29 is 4.79 Å². The van der Waals surface area contributed by atoms with E-state index in [1.807, 2.05) is 13.8 Å². The van der Waals surface area contributed by atoms with Crippen molar-refractivity contribution in [2.45, 2.75) is 20.8 Å². The van der Waals surface area contributed by atoms with Crippen molar-refractivity contribution in [1.82, 2.24) is 15.3 Å². The number of carbonyl (C=O) groups is 1. The molecule has 0 aliphatic rings. The number of hydrogen-bond acceptors (Lipinski definition) is 4. The fourth-order valence-electron chi connectivity index (χ4n) is 1.85. The summed E-state index contributed by atoms with van der Waals surface area (Å²) in [6, 6.07) is 6.86. The highest BCUT2D eigenvalue weighted by Crippen LogP contribution is 2.30. The lowest BCUT2D eigenvalue weighted by atomic mass is 10.2. The van der Waals surface area contributed by atoms with Crippen LogP contribution in [0.15, 0.2) is 24.3 Å². The van der Waals surface area contributed by atoms with Gasteiger partial charge in [0.15, 0.2) is 0 Å². The Morgan fingerprint density at radius 2 is 2.00 bits per heavy atom. The van der Waals surface area contributed by atoms with E-state index in [1.54, 1.807) is 31.2 Å². The molecule has 5 nitrogen and oxygen atoms in total. The lowest BCUT2D eigenvalue weighted by Crippen LogP contribution is -2.28. The Kier molecular flexibility index (Phi) is 5.80. The summed E-state index contributed by atoms with van der Waals surface area (Å²) >= 11 is 12.1. The first kappa shape index (κ1) is 17.5. The van der Waals surface area contributed by atoms with Gasteiger partial charge in [-0.15, -0.1) is 0 Å². The van der Waals surface area contributed by atoms with Gasteiger partial charge < -0.3 is 10.6 Å². The Morgan fingerprint density at radius 3 is 2.70 bits per heavy atom. The molecule has 0 unspecified atom stereocenters. The second kappa shape index (κ2) is 7.62. The fraction of sp³-hybridized carbons (Fsp3) is 0.312. The van der Waals surface area contributed by atoms with Crippen LogP contribution >= 0.6 is 23.2 Å². The van der Waals surface area contributed by atoms with Crippen LogP contribution in [0.2, 0.25) is 10.0 Å². The molecule has 0 saturated heterocycles. The normalized spacial score (nSPS) is 10.7. The third kappa shape index (κ3) is 4.81. The van der Waals surface area contributed by atoms with E-state index in [2.05, 4.69) is 20.6 Å². The molecule has 0 spiro atoms. The molecule has 122 valence electrons. The zero-order valence-corrected chi connectivity index (χ0v) is 14.7. The van der Waals surface area contributed by atoms with Gasteiger partial charge in [-0.2, -0.15) is 0 Å². The summed E-state index contributed by atoms with van der Waals surface area (Å²) in [7, 11) is 0. The van der Waals surface area contributed by atoms with Crippen LogP contribution in [-0.4, -0.2) is 22.4 Å². The Hall–Kier alpha value is -1.85. The lowest BCUT2D eigenvalue weighted by Gasteiger charge is -2.11. The van der Waals surface area contributed by atoms with Gasteiger partial charge in [0.05, 0.1) is 15.7 Å². The van der Waals surface area contributed by atoms with Crippen molar-refractivity contribution in [3.8, 4) is 0 Å². The molecular weight excluding hydrogens is 335 g/mol. The Labute approximate surface area is 145 Å². The second-order valence-corrected chi connectivity index (χ2v) is 6.33. The van der Waals surface area contributed by atoms with E-state index < -0.39 is 0 Å². The summed E-state index contributed by atoms with van der Waals surface area (Å²) in [5.74, 6) is 0.429. The predicted molar refractivity (Wildman–Crippen MR) is 93.7 cm³/mol. The molecule has 1 amide bonds. The summed E-state index contributed by atoms with van der Waals surface area (Å²) in [5.41, 5.74) is 1.56. The van der Waals surface area contributed by atoms with Crippen LogP contribution < -0.4 is 10.6 Å². The number of nitrogens with one attached hydrogen (secondary N) is 2. The number of aromatic nitrogens is 2. The molecule has 0 aliphatic heterocycles. The van der Waals surface area contributed by atoms with E-state index in [0.717, 1.165) is 0 Å². The third-order valence-corrected chi connectivity index (χ3v) is 3.77. The molecule has 0 atom stereocenters. The Balaban J connectivity index is 2.23. The highest BCUT2D eigenvalue weighted by Gasteiger charge is 2.12. The van der Waals surface area contributed by atoms with Crippen LogP contribution in [0, 0.1) is 12.8 Å². The lowest BCUT2D eigenvalue weighted by molar-refractivity contribution is 0.0944. The van der Waals surface area contributed by atoms with E-state index in [-0.39, 0.29) is 5.91 Å². The average molecular weight is 353 g/mol. The molecule has 2 rings (SSSR count). The minimum Gasteiger partial charge on any atom is -0.350 e. The monoisotopic (exact) mass is 352 g/mol. The highest BCUT2D eigenvalue weighted by atomic mass is 35.5. The maximum Gasteiger partial charge on any atom is 0.270 e. The Morgan fingerprint density at radius 1 is 1.26 bits per heavy atom. The van der Waals surface area contributed by atoms with Crippen molar-refractivity contribution in [3.63, 3.8) is 0 Å². The van der Waals surface area contributed by atoms with E-state index in [1.165, 1.54) is 0 Å². The first-order valence-electron chi connectivity index (χ1n) is 7.21. The number of hydrogen-bond donors (Lipinski definition) is 2. The molecule has 23 heavy (non-hydrogen) atoms. The summed E-state index contributed by atoms with van der Waals surface area (Å²) in [4.78, 5) is 20.7. The predicted octanol–water partition coefficient (Wildman–Crippen LogP) is 4.22. The van der Waals surface area contributed by atoms with Gasteiger partial charge in [0.25, 0.3) is 5.91 Å².